The van der Waals surface area contributed by atoms with Crippen molar-refractivity contribution in [3.8, 4) is 11.5 Å². The number of hydrogen-bond donors (Lipinski definition) is 1. The molecule has 7 heteroatoms. The van der Waals surface area contributed by atoms with Crippen LogP contribution in [0.25, 0.3) is 0 Å². The Kier molecular flexibility index (Phi) is 6.77. The molecule has 4 rings (SSSR count). The van der Waals surface area contributed by atoms with Gasteiger partial charge < -0.3 is 14.8 Å². The molecule has 3 aromatic rings. The summed E-state index contributed by atoms with van der Waals surface area (Å²) in [5, 5.41) is 7.96. The number of halogens is 1. The highest BCUT2D eigenvalue weighted by atomic mass is 35.5. The molecule has 0 spiro atoms. The smallest absolute Gasteiger partial charge is 0.225 e. The number of rotatable bonds is 8. The molecule has 0 unspecified atom stereocenters. The first-order valence-corrected chi connectivity index (χ1v) is 10.9. The molecule has 0 radical (unpaired) electrons. The molecule has 0 fully saturated rings. The van der Waals surface area contributed by atoms with Crippen LogP contribution in [0.4, 0.5) is 0 Å². The van der Waals surface area contributed by atoms with Crippen molar-refractivity contribution in [2.75, 3.05) is 13.2 Å². The first kappa shape index (κ1) is 21.2. The van der Waals surface area contributed by atoms with Crippen LogP contribution in [0.15, 0.2) is 60.9 Å². The number of carbonyl (C=O) groups is 1. The van der Waals surface area contributed by atoms with Gasteiger partial charge in [-0.15, -0.1) is 0 Å². The van der Waals surface area contributed by atoms with E-state index in [1.807, 2.05) is 43.3 Å². The van der Waals surface area contributed by atoms with Crippen LogP contribution in [0.5, 0.6) is 11.5 Å². The summed E-state index contributed by atoms with van der Waals surface area (Å²) in [6.45, 7) is 3.44. The maximum absolute atomic E-state index is 13.0. The lowest BCUT2D eigenvalue weighted by Crippen LogP contribution is -2.35. The fourth-order valence-electron chi connectivity index (χ4n) is 3.67. The number of carbonyl (C=O) groups excluding carboxylic acids is 1. The summed E-state index contributed by atoms with van der Waals surface area (Å²) >= 11 is 5.94. The Morgan fingerprint density at radius 3 is 2.68 bits per heavy atom. The SMILES string of the molecule is C[C@@H](Cn1cc(Cl)cn1)C(=O)N[C@@H](CCc1ccccc1)c1ccc2c(c1)OCCO2. The molecule has 0 aliphatic carbocycles. The summed E-state index contributed by atoms with van der Waals surface area (Å²) in [4.78, 5) is 13.0. The maximum atomic E-state index is 13.0. The minimum Gasteiger partial charge on any atom is -0.486 e. The monoisotopic (exact) mass is 439 g/mol. The number of amides is 1. The minimum absolute atomic E-state index is 0.0282. The zero-order chi connectivity index (χ0) is 21.6. The van der Waals surface area contributed by atoms with E-state index in [0.29, 0.717) is 24.8 Å². The Bertz CT molecular complexity index is 1020. The minimum atomic E-state index is -0.257. The summed E-state index contributed by atoms with van der Waals surface area (Å²) < 4.78 is 13.1. The molecule has 2 atom stereocenters. The number of nitrogens with zero attached hydrogens (tertiary/aromatic N) is 2. The average molecular weight is 440 g/mol. The number of nitrogens with one attached hydrogen (secondary N) is 1. The van der Waals surface area contributed by atoms with Gasteiger partial charge in [-0.2, -0.15) is 5.10 Å². The Morgan fingerprint density at radius 1 is 1.16 bits per heavy atom. The second-order valence-corrected chi connectivity index (χ2v) is 8.21. The van der Waals surface area contributed by atoms with Gasteiger partial charge in [0.25, 0.3) is 0 Å². The molecule has 6 nitrogen and oxygen atoms in total. The number of fused-ring (bicyclic) bond motifs is 1. The molecular formula is C24H26ClN3O3. The average Bonchev–Trinajstić information content (AvgIpc) is 3.21. The lowest BCUT2D eigenvalue weighted by Gasteiger charge is -2.24. The van der Waals surface area contributed by atoms with Crippen LogP contribution < -0.4 is 14.8 Å². The largest absolute Gasteiger partial charge is 0.486 e. The van der Waals surface area contributed by atoms with Crippen molar-refractivity contribution in [2.45, 2.75) is 32.4 Å². The normalized spacial score (nSPS) is 14.6. The van der Waals surface area contributed by atoms with Gasteiger partial charge in [-0.25, -0.2) is 0 Å². The van der Waals surface area contributed by atoms with Crippen molar-refractivity contribution in [2.24, 2.45) is 5.92 Å². The molecule has 31 heavy (non-hydrogen) atoms. The Hall–Kier alpha value is -2.99. The van der Waals surface area contributed by atoms with Crippen molar-refractivity contribution >= 4 is 17.5 Å². The first-order chi connectivity index (χ1) is 15.1. The van der Waals surface area contributed by atoms with Crippen molar-refractivity contribution in [1.29, 1.82) is 0 Å². The van der Waals surface area contributed by atoms with Gasteiger partial charge in [0.05, 0.1) is 29.7 Å². The lowest BCUT2D eigenvalue weighted by atomic mass is 9.97. The van der Waals surface area contributed by atoms with Gasteiger partial charge in [-0.1, -0.05) is 54.9 Å². The first-order valence-electron chi connectivity index (χ1n) is 10.5. The van der Waals surface area contributed by atoms with Crippen LogP contribution in [-0.2, 0) is 17.8 Å². The molecule has 0 saturated heterocycles. The van der Waals surface area contributed by atoms with Crippen LogP contribution in [-0.4, -0.2) is 28.9 Å². The third-order valence-corrected chi connectivity index (χ3v) is 5.56. The molecule has 1 N–H and O–H groups in total. The molecule has 1 aliphatic heterocycles. The van der Waals surface area contributed by atoms with Crippen molar-refractivity contribution < 1.29 is 14.3 Å². The number of hydrogen-bond acceptors (Lipinski definition) is 4. The fourth-order valence-corrected chi connectivity index (χ4v) is 3.83. The summed E-state index contributed by atoms with van der Waals surface area (Å²) in [6, 6.07) is 16.0. The summed E-state index contributed by atoms with van der Waals surface area (Å²) in [7, 11) is 0. The van der Waals surface area contributed by atoms with Crippen LogP contribution in [0, 0.1) is 5.92 Å². The van der Waals surface area contributed by atoms with E-state index in [2.05, 4.69) is 22.5 Å². The number of aryl methyl sites for hydroxylation is 1. The molecule has 2 heterocycles. The summed E-state index contributed by atoms with van der Waals surface area (Å²) in [6.07, 6.45) is 4.92. The van der Waals surface area contributed by atoms with Crippen LogP contribution in [0.3, 0.4) is 0 Å². The van der Waals surface area contributed by atoms with Crippen LogP contribution in [0.1, 0.15) is 30.5 Å². The predicted molar refractivity (Wildman–Crippen MR) is 119 cm³/mol. The quantitative estimate of drug-likeness (QED) is 0.563. The number of aromatic nitrogens is 2. The summed E-state index contributed by atoms with van der Waals surface area (Å²) in [5.74, 6) is 1.18. The van der Waals surface area contributed by atoms with Crippen LogP contribution >= 0.6 is 11.6 Å². The van der Waals surface area contributed by atoms with Crippen molar-refractivity contribution in [3.63, 3.8) is 0 Å². The standard InChI is InChI=1S/C24H26ClN3O3/c1-17(15-28-16-20(25)14-26-28)24(29)27-21(9-7-18-5-3-2-4-6-18)19-8-10-22-23(13-19)31-12-11-30-22/h2-6,8,10,13-14,16-17,21H,7,9,11-12,15H2,1H3,(H,27,29)/t17-,21-/m0/s1. The van der Waals surface area contributed by atoms with E-state index < -0.39 is 0 Å². The van der Waals surface area contributed by atoms with Gasteiger partial charge in [0.1, 0.15) is 13.2 Å². The van der Waals surface area contributed by atoms with E-state index in [9.17, 15) is 4.79 Å². The predicted octanol–water partition coefficient (Wildman–Crippen LogP) is 4.43. The highest BCUT2D eigenvalue weighted by molar-refractivity contribution is 6.30. The van der Waals surface area contributed by atoms with Crippen molar-refractivity contribution in [3.05, 3.63) is 77.1 Å². The van der Waals surface area contributed by atoms with E-state index in [-0.39, 0.29) is 17.9 Å². The molecule has 0 saturated carbocycles. The molecular weight excluding hydrogens is 414 g/mol. The third-order valence-electron chi connectivity index (χ3n) is 5.36. The third kappa shape index (κ3) is 5.58. The Morgan fingerprint density at radius 2 is 1.94 bits per heavy atom. The highest BCUT2D eigenvalue weighted by Gasteiger charge is 2.22. The molecule has 2 aromatic carbocycles. The van der Waals surface area contributed by atoms with Gasteiger partial charge >= 0.3 is 0 Å². The second kappa shape index (κ2) is 9.88. The second-order valence-electron chi connectivity index (χ2n) is 7.77. The zero-order valence-electron chi connectivity index (χ0n) is 17.5. The van der Waals surface area contributed by atoms with Crippen molar-refractivity contribution in [1.82, 2.24) is 15.1 Å². The molecule has 1 aromatic heterocycles. The van der Waals surface area contributed by atoms with Gasteiger partial charge in [0.15, 0.2) is 11.5 Å². The number of benzene rings is 2. The topological polar surface area (TPSA) is 65.4 Å². The van der Waals surface area contributed by atoms with E-state index in [1.165, 1.54) is 5.56 Å². The lowest BCUT2D eigenvalue weighted by molar-refractivity contribution is -0.125. The summed E-state index contributed by atoms with van der Waals surface area (Å²) in [5.41, 5.74) is 2.24. The number of ether oxygens (including phenoxy) is 2. The molecule has 1 aliphatic rings. The van der Waals surface area contributed by atoms with E-state index in [1.54, 1.807) is 17.1 Å². The Labute approximate surface area is 187 Å². The maximum Gasteiger partial charge on any atom is 0.225 e. The van der Waals surface area contributed by atoms with E-state index in [4.69, 9.17) is 21.1 Å². The zero-order valence-corrected chi connectivity index (χ0v) is 18.2. The van der Waals surface area contributed by atoms with Crippen LogP contribution in [0.2, 0.25) is 5.02 Å². The van der Waals surface area contributed by atoms with Gasteiger partial charge in [0.2, 0.25) is 5.91 Å². The van der Waals surface area contributed by atoms with Gasteiger partial charge in [0, 0.05) is 6.20 Å². The molecule has 162 valence electrons. The highest BCUT2D eigenvalue weighted by Crippen LogP contribution is 2.33. The van der Waals surface area contributed by atoms with E-state index in [0.717, 1.165) is 29.9 Å². The van der Waals surface area contributed by atoms with Gasteiger partial charge in [-0.3, -0.25) is 9.48 Å². The Balaban J connectivity index is 1.49. The van der Waals surface area contributed by atoms with E-state index >= 15 is 0 Å². The fraction of sp³-hybridized carbons (Fsp3) is 0.333. The molecule has 1 amide bonds. The molecule has 0 bridgehead atoms. The van der Waals surface area contributed by atoms with Gasteiger partial charge in [-0.05, 0) is 36.1 Å².